The van der Waals surface area contributed by atoms with Crippen molar-refractivity contribution in [2.45, 2.75) is 19.9 Å². The Labute approximate surface area is 164 Å². The summed E-state index contributed by atoms with van der Waals surface area (Å²) in [5.74, 6) is 0.844. The molecule has 8 nitrogen and oxygen atoms in total. The van der Waals surface area contributed by atoms with Gasteiger partial charge in [0.2, 0.25) is 5.91 Å². The first-order chi connectivity index (χ1) is 13.4. The monoisotopic (exact) mass is 403 g/mol. The molecule has 3 aromatic rings. The molecular weight excluding hydrogens is 382 g/mol. The van der Waals surface area contributed by atoms with Gasteiger partial charge in [-0.15, -0.1) is 11.3 Å². The van der Waals surface area contributed by atoms with Crippen LogP contribution >= 0.6 is 11.3 Å². The number of benzene rings is 1. The number of methoxy groups -OCH3 is 2. The van der Waals surface area contributed by atoms with Crippen molar-refractivity contribution in [2.24, 2.45) is 0 Å². The van der Waals surface area contributed by atoms with Crippen LogP contribution in [0.2, 0.25) is 0 Å². The fraction of sp³-hybridized carbons (Fsp3) is 0.316. The number of H-pyrrole nitrogens is 1. The fourth-order valence-corrected chi connectivity index (χ4v) is 3.79. The van der Waals surface area contributed by atoms with Gasteiger partial charge in [-0.1, -0.05) is 6.07 Å². The van der Waals surface area contributed by atoms with Crippen molar-refractivity contribution in [1.29, 1.82) is 0 Å². The highest BCUT2D eigenvalue weighted by Gasteiger charge is 2.13. The molecule has 9 heteroatoms. The lowest BCUT2D eigenvalue weighted by molar-refractivity contribution is -0.121. The first-order valence-electron chi connectivity index (χ1n) is 8.63. The van der Waals surface area contributed by atoms with E-state index in [1.807, 2.05) is 19.1 Å². The summed E-state index contributed by atoms with van der Waals surface area (Å²) in [6.45, 7) is 1.89. The predicted molar refractivity (Wildman–Crippen MR) is 108 cm³/mol. The van der Waals surface area contributed by atoms with E-state index < -0.39 is 17.2 Å². The molecule has 28 heavy (non-hydrogen) atoms. The minimum atomic E-state index is -0.589. The summed E-state index contributed by atoms with van der Waals surface area (Å²) in [6, 6.07) is 7.24. The second-order valence-corrected chi connectivity index (χ2v) is 7.47. The lowest BCUT2D eigenvalue weighted by Crippen LogP contribution is -2.40. The van der Waals surface area contributed by atoms with Crippen molar-refractivity contribution in [1.82, 2.24) is 14.9 Å². The van der Waals surface area contributed by atoms with E-state index in [-0.39, 0.29) is 6.54 Å². The van der Waals surface area contributed by atoms with Crippen molar-refractivity contribution in [3.63, 3.8) is 0 Å². The largest absolute Gasteiger partial charge is 0.493 e. The summed E-state index contributed by atoms with van der Waals surface area (Å²) < 4.78 is 11.4. The average molecular weight is 403 g/mol. The number of hydrogen-bond acceptors (Lipinski definition) is 6. The van der Waals surface area contributed by atoms with Gasteiger partial charge in [-0.05, 0) is 37.1 Å². The molecule has 0 unspecified atom stereocenters. The van der Waals surface area contributed by atoms with Gasteiger partial charge in [0.15, 0.2) is 11.5 Å². The van der Waals surface area contributed by atoms with E-state index in [4.69, 9.17) is 9.47 Å². The normalized spacial score (nSPS) is 10.8. The maximum Gasteiger partial charge on any atom is 0.329 e. The van der Waals surface area contributed by atoms with Gasteiger partial charge in [-0.3, -0.25) is 19.1 Å². The lowest BCUT2D eigenvalue weighted by atomic mass is 10.1. The first-order valence-corrected chi connectivity index (χ1v) is 9.45. The van der Waals surface area contributed by atoms with Gasteiger partial charge in [0.25, 0.3) is 5.56 Å². The Hall–Kier alpha value is -3.07. The number of nitrogens with zero attached hydrogens (tertiary/aromatic N) is 1. The zero-order valence-electron chi connectivity index (χ0n) is 15.8. The van der Waals surface area contributed by atoms with Crippen LogP contribution < -0.4 is 26.0 Å². The maximum atomic E-state index is 12.5. The number of fused-ring (bicyclic) bond motifs is 1. The number of hydrogen-bond donors (Lipinski definition) is 2. The summed E-state index contributed by atoms with van der Waals surface area (Å²) in [6.07, 6.45) is 0.570. The Kier molecular flexibility index (Phi) is 5.84. The third-order valence-electron chi connectivity index (χ3n) is 4.28. The molecule has 148 valence electrons. The molecule has 0 atom stereocenters. The zero-order chi connectivity index (χ0) is 20.3. The number of aromatic amines is 1. The number of thiophene rings is 1. The number of ether oxygens (including phenoxy) is 2. The van der Waals surface area contributed by atoms with Crippen LogP contribution in [0.1, 0.15) is 10.4 Å². The van der Waals surface area contributed by atoms with E-state index in [0.717, 1.165) is 15.0 Å². The van der Waals surface area contributed by atoms with Gasteiger partial charge in [0.05, 0.1) is 19.6 Å². The summed E-state index contributed by atoms with van der Waals surface area (Å²) in [5.41, 5.74) is -0.0873. The van der Waals surface area contributed by atoms with Crippen LogP contribution in [-0.4, -0.2) is 36.2 Å². The molecule has 0 saturated carbocycles. The number of aromatic nitrogens is 2. The third-order valence-corrected chi connectivity index (χ3v) is 5.25. The molecule has 0 aliphatic heterocycles. The summed E-state index contributed by atoms with van der Waals surface area (Å²) >= 11 is 1.34. The van der Waals surface area contributed by atoms with E-state index in [2.05, 4.69) is 10.3 Å². The summed E-state index contributed by atoms with van der Waals surface area (Å²) in [5, 5.41) is 3.15. The predicted octanol–water partition coefficient (Wildman–Crippen LogP) is 1.44. The van der Waals surface area contributed by atoms with Crippen LogP contribution in [0.15, 0.2) is 33.9 Å². The van der Waals surface area contributed by atoms with Gasteiger partial charge < -0.3 is 14.8 Å². The van der Waals surface area contributed by atoms with E-state index in [1.165, 1.54) is 11.3 Å². The van der Waals surface area contributed by atoms with Gasteiger partial charge in [-0.25, -0.2) is 4.79 Å². The van der Waals surface area contributed by atoms with Gasteiger partial charge in [-0.2, -0.15) is 0 Å². The highest BCUT2D eigenvalue weighted by atomic mass is 32.1. The van der Waals surface area contributed by atoms with Crippen LogP contribution in [0.5, 0.6) is 11.5 Å². The smallest absolute Gasteiger partial charge is 0.329 e. The molecule has 0 radical (unpaired) electrons. The van der Waals surface area contributed by atoms with Crippen LogP contribution in [0.4, 0.5) is 0 Å². The second-order valence-electron chi connectivity index (χ2n) is 6.21. The van der Waals surface area contributed by atoms with Crippen molar-refractivity contribution in [3.8, 4) is 11.5 Å². The van der Waals surface area contributed by atoms with Gasteiger partial charge >= 0.3 is 5.69 Å². The quantitative estimate of drug-likeness (QED) is 0.621. The van der Waals surface area contributed by atoms with Crippen LogP contribution in [0.25, 0.3) is 10.2 Å². The Balaban J connectivity index is 1.64. The highest BCUT2D eigenvalue weighted by molar-refractivity contribution is 7.18. The first kappa shape index (κ1) is 19.7. The Morgan fingerprint density at radius 3 is 2.64 bits per heavy atom. The molecule has 0 spiro atoms. The Morgan fingerprint density at radius 2 is 1.93 bits per heavy atom. The lowest BCUT2D eigenvalue weighted by Gasteiger charge is -2.10. The molecule has 1 aromatic carbocycles. The van der Waals surface area contributed by atoms with Gasteiger partial charge in [0.1, 0.15) is 11.4 Å². The van der Waals surface area contributed by atoms with Crippen LogP contribution in [0, 0.1) is 6.92 Å². The molecule has 0 saturated heterocycles. The zero-order valence-corrected chi connectivity index (χ0v) is 16.6. The SMILES string of the molecule is COc1ccc(CCNC(=O)Cn2c(=O)[nH]c3sc(C)cc3c2=O)cc1OC. The van der Waals surface area contributed by atoms with Crippen molar-refractivity contribution in [2.75, 3.05) is 20.8 Å². The molecule has 0 aliphatic carbocycles. The van der Waals surface area contributed by atoms with Crippen molar-refractivity contribution >= 4 is 27.5 Å². The summed E-state index contributed by atoms with van der Waals surface area (Å²) in [7, 11) is 3.13. The molecule has 2 aromatic heterocycles. The molecular formula is C19H21N3O5S. The molecule has 0 fully saturated rings. The minimum Gasteiger partial charge on any atom is -0.493 e. The van der Waals surface area contributed by atoms with Crippen molar-refractivity contribution in [3.05, 3.63) is 55.5 Å². The third kappa shape index (κ3) is 4.09. The van der Waals surface area contributed by atoms with E-state index in [0.29, 0.717) is 34.7 Å². The Morgan fingerprint density at radius 1 is 1.18 bits per heavy atom. The number of carbonyl (C=O) groups is 1. The van der Waals surface area contributed by atoms with E-state index in [9.17, 15) is 14.4 Å². The fourth-order valence-electron chi connectivity index (χ4n) is 2.89. The number of carbonyl (C=O) groups excluding carboxylic acids is 1. The number of aryl methyl sites for hydroxylation is 1. The molecule has 2 N–H and O–H groups in total. The maximum absolute atomic E-state index is 12.5. The topological polar surface area (TPSA) is 102 Å². The second kappa shape index (κ2) is 8.30. The number of amides is 1. The minimum absolute atomic E-state index is 0.328. The number of rotatable bonds is 7. The highest BCUT2D eigenvalue weighted by Crippen LogP contribution is 2.27. The standard InChI is InChI=1S/C19H21N3O5S/c1-11-8-13-17(28-11)21-19(25)22(18(13)24)10-16(23)20-7-6-12-4-5-14(26-2)15(9-12)27-3/h4-5,8-9H,6-7,10H2,1-3H3,(H,20,23)(H,21,25). The molecule has 0 bridgehead atoms. The molecule has 1 amide bonds. The number of nitrogens with one attached hydrogen (secondary N) is 2. The molecule has 3 rings (SSSR count). The van der Waals surface area contributed by atoms with Crippen LogP contribution in [0.3, 0.4) is 0 Å². The Bertz CT molecular complexity index is 1130. The van der Waals surface area contributed by atoms with Gasteiger partial charge in [0, 0.05) is 11.4 Å². The van der Waals surface area contributed by atoms with Crippen LogP contribution in [-0.2, 0) is 17.8 Å². The average Bonchev–Trinajstić information content (AvgIpc) is 3.05. The van der Waals surface area contributed by atoms with E-state index in [1.54, 1.807) is 26.4 Å². The molecule has 2 heterocycles. The van der Waals surface area contributed by atoms with E-state index >= 15 is 0 Å². The summed E-state index contributed by atoms with van der Waals surface area (Å²) in [4.78, 5) is 40.9. The van der Waals surface area contributed by atoms with Crippen molar-refractivity contribution < 1.29 is 14.3 Å². The molecule has 0 aliphatic rings.